The Morgan fingerprint density at radius 3 is 2.12 bits per heavy atom. The van der Waals surface area contributed by atoms with Crippen LogP contribution in [0.1, 0.15) is 25.8 Å². The number of aromatic hydroxyl groups is 1. The first-order chi connectivity index (χ1) is 15.5. The summed E-state index contributed by atoms with van der Waals surface area (Å²) in [7, 11) is 0. The Kier molecular flexibility index (Phi) is 8.74. The van der Waals surface area contributed by atoms with E-state index < -0.39 is 53.8 Å². The third-order valence-corrected chi connectivity index (χ3v) is 4.82. The largest absolute Gasteiger partial charge is 0.508 e. The molecule has 1 fully saturated rings. The fourth-order valence-electron chi connectivity index (χ4n) is 3.11. The van der Waals surface area contributed by atoms with Gasteiger partial charge < -0.3 is 37.3 Å². The number of rotatable bonds is 12. The van der Waals surface area contributed by atoms with Gasteiger partial charge in [-0.25, -0.2) is 0 Å². The van der Waals surface area contributed by atoms with Crippen LogP contribution in [0.2, 0.25) is 0 Å². The van der Waals surface area contributed by atoms with E-state index in [2.05, 4.69) is 16.0 Å². The van der Waals surface area contributed by atoms with E-state index in [1.54, 1.807) is 12.1 Å². The lowest BCUT2D eigenvalue weighted by molar-refractivity contribution is -0.132. The second-order valence-electron chi connectivity index (χ2n) is 8.19. The molecule has 1 aromatic rings. The van der Waals surface area contributed by atoms with Crippen molar-refractivity contribution in [1.82, 2.24) is 16.0 Å². The Balaban J connectivity index is 1.99. The van der Waals surface area contributed by atoms with Gasteiger partial charge in [-0.1, -0.05) is 26.0 Å². The van der Waals surface area contributed by atoms with Gasteiger partial charge >= 0.3 is 0 Å². The summed E-state index contributed by atoms with van der Waals surface area (Å²) in [6.45, 7) is 3.31. The SMILES string of the molecule is CC(C)C[C@H](NC(=O)[C@H]1O[C@@H]1C(=O)NCC(N)=O)C(=O)N[C@@H](Cc1ccc(O)cc1)C(N)=O. The van der Waals surface area contributed by atoms with E-state index in [4.69, 9.17) is 16.2 Å². The van der Waals surface area contributed by atoms with Crippen LogP contribution in [0.15, 0.2) is 24.3 Å². The van der Waals surface area contributed by atoms with Gasteiger partial charge in [0.15, 0.2) is 12.2 Å². The van der Waals surface area contributed by atoms with Gasteiger partial charge in [0.05, 0.1) is 6.54 Å². The standard InChI is InChI=1S/C21H29N5O7/c1-10(2)7-14(26-21(32)17-16(33-17)20(31)24-9-15(22)28)19(30)25-13(18(23)29)8-11-3-5-12(27)6-4-11/h3-6,10,13-14,16-17,27H,7-9H2,1-2H3,(H2,22,28)(H2,23,29)(H,24,31)(H,25,30)(H,26,32)/t13-,14-,16-,17-/m0/s1. The first kappa shape index (κ1) is 25.6. The monoisotopic (exact) mass is 463 g/mol. The maximum atomic E-state index is 12.9. The summed E-state index contributed by atoms with van der Waals surface area (Å²) >= 11 is 0. The molecule has 2 rings (SSSR count). The quantitative estimate of drug-likeness (QED) is 0.188. The highest BCUT2D eigenvalue weighted by Gasteiger charge is 2.51. The van der Waals surface area contributed by atoms with Crippen LogP contribution in [-0.4, -0.2) is 65.5 Å². The number of hydrogen-bond acceptors (Lipinski definition) is 7. The van der Waals surface area contributed by atoms with Gasteiger partial charge in [0.1, 0.15) is 17.8 Å². The average Bonchev–Trinajstić information content (AvgIpc) is 3.53. The molecule has 1 aliphatic rings. The number of amides is 5. The molecule has 5 amide bonds. The minimum atomic E-state index is -1.11. The van der Waals surface area contributed by atoms with Crippen molar-refractivity contribution >= 4 is 29.5 Å². The highest BCUT2D eigenvalue weighted by atomic mass is 16.6. The average molecular weight is 463 g/mol. The van der Waals surface area contributed by atoms with Crippen LogP contribution in [0, 0.1) is 5.92 Å². The molecule has 0 aliphatic carbocycles. The molecule has 1 saturated heterocycles. The van der Waals surface area contributed by atoms with E-state index in [1.165, 1.54) is 12.1 Å². The first-order valence-electron chi connectivity index (χ1n) is 10.4. The Morgan fingerprint density at radius 2 is 1.58 bits per heavy atom. The Bertz CT molecular complexity index is 903. The number of carbonyl (C=O) groups excluding carboxylic acids is 5. The smallest absolute Gasteiger partial charge is 0.253 e. The molecule has 1 heterocycles. The van der Waals surface area contributed by atoms with Crippen molar-refractivity contribution < 1.29 is 33.8 Å². The zero-order valence-corrected chi connectivity index (χ0v) is 18.4. The van der Waals surface area contributed by atoms with Crippen molar-refractivity contribution in [1.29, 1.82) is 0 Å². The minimum Gasteiger partial charge on any atom is -0.508 e. The number of phenols is 1. The molecular formula is C21H29N5O7. The molecule has 12 heteroatoms. The lowest BCUT2D eigenvalue weighted by Gasteiger charge is -2.23. The second kappa shape index (κ2) is 11.3. The maximum Gasteiger partial charge on any atom is 0.253 e. The molecule has 0 radical (unpaired) electrons. The lowest BCUT2D eigenvalue weighted by atomic mass is 10.0. The minimum absolute atomic E-state index is 0.0139. The number of benzene rings is 1. The van der Waals surface area contributed by atoms with Crippen molar-refractivity contribution in [2.45, 2.75) is 51.0 Å². The van der Waals surface area contributed by atoms with Crippen LogP contribution >= 0.6 is 0 Å². The molecule has 12 nitrogen and oxygen atoms in total. The number of primary amides is 2. The molecule has 180 valence electrons. The zero-order chi connectivity index (χ0) is 24.7. The number of phenolic OH excluding ortho intramolecular Hbond substituents is 1. The molecule has 0 aromatic heterocycles. The summed E-state index contributed by atoms with van der Waals surface area (Å²) in [5.74, 6) is -3.39. The molecule has 33 heavy (non-hydrogen) atoms. The Labute approximate surface area is 190 Å². The predicted octanol–water partition coefficient (Wildman–Crippen LogP) is -2.20. The predicted molar refractivity (Wildman–Crippen MR) is 115 cm³/mol. The van der Waals surface area contributed by atoms with Crippen molar-refractivity contribution in [3.05, 3.63) is 29.8 Å². The Hall–Kier alpha value is -3.67. The summed E-state index contributed by atoms with van der Waals surface area (Å²) in [6, 6.07) is 4.04. The van der Waals surface area contributed by atoms with Gasteiger partial charge in [-0.3, -0.25) is 24.0 Å². The number of hydrogen-bond donors (Lipinski definition) is 6. The number of carbonyl (C=O) groups is 5. The maximum absolute atomic E-state index is 12.9. The van der Waals surface area contributed by atoms with Crippen LogP contribution in [0.25, 0.3) is 0 Å². The third kappa shape index (κ3) is 8.07. The van der Waals surface area contributed by atoms with E-state index in [0.29, 0.717) is 5.56 Å². The van der Waals surface area contributed by atoms with Gasteiger partial charge in [-0.15, -0.1) is 0 Å². The van der Waals surface area contributed by atoms with E-state index in [9.17, 15) is 29.1 Å². The summed E-state index contributed by atoms with van der Waals surface area (Å²) in [5, 5.41) is 16.7. The normalized spacial score (nSPS) is 18.6. The molecule has 4 atom stereocenters. The van der Waals surface area contributed by atoms with Crippen LogP contribution in [0.5, 0.6) is 5.75 Å². The lowest BCUT2D eigenvalue weighted by Crippen LogP contribution is -2.54. The van der Waals surface area contributed by atoms with Crippen molar-refractivity contribution in [3.8, 4) is 5.75 Å². The van der Waals surface area contributed by atoms with E-state index in [-0.39, 0.29) is 31.1 Å². The summed E-state index contributed by atoms with van der Waals surface area (Å²) in [6.07, 6.45) is -1.84. The van der Waals surface area contributed by atoms with E-state index >= 15 is 0 Å². The molecule has 0 unspecified atom stereocenters. The zero-order valence-electron chi connectivity index (χ0n) is 18.4. The van der Waals surface area contributed by atoms with Crippen molar-refractivity contribution in [3.63, 3.8) is 0 Å². The van der Waals surface area contributed by atoms with Gasteiger partial charge in [0.2, 0.25) is 17.7 Å². The summed E-state index contributed by atoms with van der Waals surface area (Å²) in [4.78, 5) is 59.9. The molecule has 0 bridgehead atoms. The highest BCUT2D eigenvalue weighted by Crippen LogP contribution is 2.23. The summed E-state index contributed by atoms with van der Waals surface area (Å²) in [5.41, 5.74) is 11.1. The number of epoxide rings is 1. The number of nitrogens with two attached hydrogens (primary N) is 2. The van der Waals surface area contributed by atoms with Gasteiger partial charge in [0.25, 0.3) is 11.8 Å². The third-order valence-electron chi connectivity index (χ3n) is 4.82. The fraction of sp³-hybridized carbons (Fsp3) is 0.476. The summed E-state index contributed by atoms with van der Waals surface area (Å²) < 4.78 is 5.06. The second-order valence-corrected chi connectivity index (χ2v) is 8.19. The fourth-order valence-corrected chi connectivity index (χ4v) is 3.11. The van der Waals surface area contributed by atoms with Crippen molar-refractivity contribution in [2.24, 2.45) is 17.4 Å². The number of ether oxygens (including phenoxy) is 1. The molecule has 8 N–H and O–H groups in total. The van der Waals surface area contributed by atoms with E-state index in [0.717, 1.165) is 0 Å². The molecule has 0 saturated carbocycles. The Morgan fingerprint density at radius 1 is 0.970 bits per heavy atom. The highest BCUT2D eigenvalue weighted by molar-refractivity contribution is 5.98. The van der Waals surface area contributed by atoms with Crippen LogP contribution in [0.3, 0.4) is 0 Å². The van der Waals surface area contributed by atoms with Gasteiger partial charge in [0, 0.05) is 6.42 Å². The van der Waals surface area contributed by atoms with Crippen molar-refractivity contribution in [2.75, 3.05) is 6.54 Å². The van der Waals surface area contributed by atoms with Crippen LogP contribution < -0.4 is 27.4 Å². The topological polar surface area (TPSA) is 206 Å². The molecular weight excluding hydrogens is 434 g/mol. The molecule has 0 spiro atoms. The van der Waals surface area contributed by atoms with Gasteiger partial charge in [-0.05, 0) is 30.0 Å². The number of nitrogens with one attached hydrogen (secondary N) is 3. The molecule has 1 aliphatic heterocycles. The first-order valence-corrected chi connectivity index (χ1v) is 10.4. The van der Waals surface area contributed by atoms with Crippen LogP contribution in [0.4, 0.5) is 0 Å². The van der Waals surface area contributed by atoms with Gasteiger partial charge in [-0.2, -0.15) is 0 Å². The van der Waals surface area contributed by atoms with Crippen LogP contribution in [-0.2, 0) is 35.1 Å². The van der Waals surface area contributed by atoms with E-state index in [1.807, 2.05) is 13.8 Å². The molecule has 1 aromatic carbocycles.